The lowest BCUT2D eigenvalue weighted by Crippen LogP contribution is -2.45. The second-order valence-corrected chi connectivity index (χ2v) is 9.13. The van der Waals surface area contributed by atoms with Crippen molar-refractivity contribution in [3.05, 3.63) is 36.3 Å². The summed E-state index contributed by atoms with van der Waals surface area (Å²) < 4.78 is 7.43. The number of nitrogens with one attached hydrogen (secondary N) is 2. The van der Waals surface area contributed by atoms with Crippen LogP contribution in [-0.4, -0.2) is 65.2 Å². The van der Waals surface area contributed by atoms with Crippen molar-refractivity contribution in [3.63, 3.8) is 0 Å². The first-order chi connectivity index (χ1) is 14.6. The molecule has 0 saturated carbocycles. The average Bonchev–Trinajstić information content (AvgIpc) is 3.09. The van der Waals surface area contributed by atoms with Gasteiger partial charge in [0.05, 0.1) is 5.69 Å². The van der Waals surface area contributed by atoms with Crippen LogP contribution in [0.25, 0.3) is 5.65 Å². The summed E-state index contributed by atoms with van der Waals surface area (Å²) in [6.07, 6.45) is 5.29. The molecule has 1 amide bonds. The monoisotopic (exact) mass is 558 g/mol. The van der Waals surface area contributed by atoms with Crippen LogP contribution < -0.4 is 10.6 Å². The van der Waals surface area contributed by atoms with Crippen LogP contribution in [-0.2, 0) is 11.2 Å². The second kappa shape index (κ2) is 12.9. The summed E-state index contributed by atoms with van der Waals surface area (Å²) in [4.78, 5) is 23.3. The van der Waals surface area contributed by atoms with Gasteiger partial charge in [-0.2, -0.15) is 0 Å². The van der Waals surface area contributed by atoms with E-state index in [0.29, 0.717) is 5.92 Å². The molecule has 0 aliphatic rings. The minimum Gasteiger partial charge on any atom is -0.444 e. The van der Waals surface area contributed by atoms with E-state index in [1.165, 1.54) is 0 Å². The first kappa shape index (κ1) is 28.0. The fourth-order valence-electron chi connectivity index (χ4n) is 3.26. The predicted octanol–water partition coefficient (Wildman–Crippen LogP) is 3.94. The van der Waals surface area contributed by atoms with Gasteiger partial charge in [-0.1, -0.05) is 19.9 Å². The molecule has 1 atom stereocenters. The second-order valence-electron chi connectivity index (χ2n) is 9.13. The Morgan fingerprint density at radius 2 is 2.03 bits per heavy atom. The molecule has 8 nitrogen and oxygen atoms in total. The Hall–Kier alpha value is -2.04. The van der Waals surface area contributed by atoms with Gasteiger partial charge in [0.1, 0.15) is 11.2 Å². The van der Waals surface area contributed by atoms with E-state index >= 15 is 0 Å². The molecule has 0 aliphatic carbocycles. The van der Waals surface area contributed by atoms with E-state index in [-0.39, 0.29) is 36.1 Å². The maximum atomic E-state index is 12.2. The summed E-state index contributed by atoms with van der Waals surface area (Å²) >= 11 is 0. The zero-order valence-corrected chi connectivity index (χ0v) is 22.7. The lowest BCUT2D eigenvalue weighted by molar-refractivity contribution is 0.0486. The average molecular weight is 559 g/mol. The van der Waals surface area contributed by atoms with E-state index in [2.05, 4.69) is 45.6 Å². The maximum absolute atomic E-state index is 12.2. The number of aromatic nitrogens is 2. The standard InChI is InChI=1S/C23H38N6O2.HI/c1-17(2)19(27-22(30)31-23(3,4)5)12-15-28(7)21(24-6)25-13-11-18-16-29-14-9-8-10-20(29)26-18;/h8-10,14,16-17,19H,11-13,15H2,1-7H3,(H,24,25)(H,27,30);1H. The molecule has 0 aromatic carbocycles. The number of alkyl carbamates (subject to hydrolysis) is 1. The highest BCUT2D eigenvalue weighted by molar-refractivity contribution is 14.0. The van der Waals surface area contributed by atoms with E-state index < -0.39 is 5.60 Å². The normalized spacial score (nSPS) is 12.9. The number of carbonyl (C=O) groups is 1. The number of hydrogen-bond acceptors (Lipinski definition) is 4. The van der Waals surface area contributed by atoms with Crippen molar-refractivity contribution in [2.24, 2.45) is 10.9 Å². The predicted molar refractivity (Wildman–Crippen MR) is 141 cm³/mol. The first-order valence-corrected chi connectivity index (χ1v) is 10.9. The summed E-state index contributed by atoms with van der Waals surface area (Å²) in [6.45, 7) is 11.3. The number of nitrogens with zero attached hydrogens (tertiary/aromatic N) is 4. The number of hydrogen-bond donors (Lipinski definition) is 2. The lowest BCUT2D eigenvalue weighted by atomic mass is 10.0. The van der Waals surface area contributed by atoms with Gasteiger partial charge in [0.2, 0.25) is 0 Å². The Labute approximate surface area is 209 Å². The third-order valence-corrected chi connectivity index (χ3v) is 4.93. The summed E-state index contributed by atoms with van der Waals surface area (Å²) in [5.74, 6) is 1.12. The van der Waals surface area contributed by atoms with E-state index in [1.54, 1.807) is 7.05 Å². The molecule has 9 heteroatoms. The van der Waals surface area contributed by atoms with Crippen molar-refractivity contribution in [2.75, 3.05) is 27.2 Å². The Kier molecular flexibility index (Phi) is 11.2. The lowest BCUT2D eigenvalue weighted by Gasteiger charge is -2.28. The van der Waals surface area contributed by atoms with E-state index in [0.717, 1.165) is 43.2 Å². The highest BCUT2D eigenvalue weighted by Gasteiger charge is 2.22. The molecule has 2 N–H and O–H groups in total. The highest BCUT2D eigenvalue weighted by atomic mass is 127. The number of imidazole rings is 1. The molecule has 0 radical (unpaired) electrons. The number of guanidine groups is 1. The summed E-state index contributed by atoms with van der Waals surface area (Å²) in [5, 5.41) is 6.41. The number of pyridine rings is 1. The van der Waals surface area contributed by atoms with E-state index in [4.69, 9.17) is 4.74 Å². The van der Waals surface area contributed by atoms with Gasteiger partial charge in [0, 0.05) is 52.0 Å². The summed E-state index contributed by atoms with van der Waals surface area (Å²) in [7, 11) is 3.79. The summed E-state index contributed by atoms with van der Waals surface area (Å²) in [6, 6.07) is 6.01. The minimum atomic E-state index is -0.505. The van der Waals surface area contributed by atoms with Crippen molar-refractivity contribution in [1.82, 2.24) is 24.9 Å². The van der Waals surface area contributed by atoms with Crippen LogP contribution in [0, 0.1) is 5.92 Å². The van der Waals surface area contributed by atoms with Gasteiger partial charge in [-0.05, 0) is 45.2 Å². The number of carbonyl (C=O) groups excluding carboxylic acids is 1. The van der Waals surface area contributed by atoms with E-state index in [1.807, 2.05) is 56.6 Å². The number of amides is 1. The first-order valence-electron chi connectivity index (χ1n) is 10.9. The van der Waals surface area contributed by atoms with Crippen LogP contribution in [0.15, 0.2) is 35.6 Å². The van der Waals surface area contributed by atoms with Gasteiger partial charge in [-0.15, -0.1) is 24.0 Å². The van der Waals surface area contributed by atoms with Crippen LogP contribution in [0.3, 0.4) is 0 Å². The molecule has 2 aromatic heterocycles. The quantitative estimate of drug-likeness (QED) is 0.292. The molecule has 0 fully saturated rings. The molecular formula is C23H39IN6O2. The Morgan fingerprint density at radius 3 is 2.62 bits per heavy atom. The molecule has 2 rings (SSSR count). The highest BCUT2D eigenvalue weighted by Crippen LogP contribution is 2.11. The van der Waals surface area contributed by atoms with Crippen LogP contribution in [0.5, 0.6) is 0 Å². The largest absolute Gasteiger partial charge is 0.444 e. The van der Waals surface area contributed by atoms with Gasteiger partial charge in [-0.3, -0.25) is 4.99 Å². The van der Waals surface area contributed by atoms with E-state index in [9.17, 15) is 4.79 Å². The Bertz CT molecular complexity index is 842. The van der Waals surface area contributed by atoms with Crippen LogP contribution >= 0.6 is 24.0 Å². The maximum Gasteiger partial charge on any atom is 0.407 e. The fraction of sp³-hybridized carbons (Fsp3) is 0.609. The number of aliphatic imine (C=N–C) groups is 1. The molecule has 0 spiro atoms. The molecule has 2 heterocycles. The van der Waals surface area contributed by atoms with Gasteiger partial charge >= 0.3 is 6.09 Å². The van der Waals surface area contributed by atoms with Crippen LogP contribution in [0.1, 0.15) is 46.7 Å². The molecule has 0 saturated heterocycles. The number of halogens is 1. The van der Waals surface area contributed by atoms with Crippen LogP contribution in [0.4, 0.5) is 4.79 Å². The van der Waals surface area contributed by atoms with Gasteiger partial charge in [0.15, 0.2) is 5.96 Å². The van der Waals surface area contributed by atoms with Gasteiger partial charge < -0.3 is 24.7 Å². The summed E-state index contributed by atoms with van der Waals surface area (Å²) in [5.41, 5.74) is 1.49. The van der Waals surface area contributed by atoms with Gasteiger partial charge in [0.25, 0.3) is 0 Å². The fourth-order valence-corrected chi connectivity index (χ4v) is 3.26. The molecule has 180 valence electrons. The van der Waals surface area contributed by atoms with Crippen molar-refractivity contribution in [2.45, 2.75) is 59.1 Å². The van der Waals surface area contributed by atoms with Crippen molar-refractivity contribution < 1.29 is 9.53 Å². The third-order valence-electron chi connectivity index (χ3n) is 4.93. The number of fused-ring (bicyclic) bond motifs is 1. The van der Waals surface area contributed by atoms with Crippen molar-refractivity contribution in [1.29, 1.82) is 0 Å². The molecule has 2 aromatic rings. The Morgan fingerprint density at radius 1 is 1.31 bits per heavy atom. The zero-order chi connectivity index (χ0) is 23.0. The molecule has 0 bridgehead atoms. The number of ether oxygens (including phenoxy) is 1. The molecule has 0 aliphatic heterocycles. The van der Waals surface area contributed by atoms with Crippen LogP contribution in [0.2, 0.25) is 0 Å². The number of rotatable bonds is 8. The minimum absolute atomic E-state index is 0. The Balaban J connectivity index is 0.00000512. The molecular weight excluding hydrogens is 519 g/mol. The molecule has 32 heavy (non-hydrogen) atoms. The van der Waals surface area contributed by atoms with Crippen molar-refractivity contribution >= 4 is 41.7 Å². The topological polar surface area (TPSA) is 83.3 Å². The molecule has 1 unspecified atom stereocenters. The third kappa shape index (κ3) is 9.22. The van der Waals surface area contributed by atoms with Gasteiger partial charge in [-0.25, -0.2) is 9.78 Å². The SMILES string of the molecule is CN=C(NCCc1cn2ccccc2n1)N(C)CCC(NC(=O)OC(C)(C)C)C(C)C.I. The smallest absolute Gasteiger partial charge is 0.407 e. The van der Waals surface area contributed by atoms with Crippen molar-refractivity contribution in [3.8, 4) is 0 Å². The zero-order valence-electron chi connectivity index (χ0n) is 20.4.